The Morgan fingerprint density at radius 1 is 1.37 bits per heavy atom. The summed E-state index contributed by atoms with van der Waals surface area (Å²) in [5.41, 5.74) is 0.983. The molecular weight excluding hydrogens is 283 g/mol. The summed E-state index contributed by atoms with van der Waals surface area (Å²) in [6.07, 6.45) is 1.73. The Bertz CT molecular complexity index is 553. The minimum Gasteiger partial charge on any atom is -0.317 e. The first-order valence-electron chi connectivity index (χ1n) is 6.16. The number of halogens is 2. The minimum absolute atomic E-state index is 0.0909. The molecule has 1 unspecified atom stereocenters. The lowest BCUT2D eigenvalue weighted by molar-refractivity contribution is 0.539. The third kappa shape index (κ3) is 3.47. The van der Waals surface area contributed by atoms with Gasteiger partial charge in [0.2, 0.25) is 0 Å². The van der Waals surface area contributed by atoms with Crippen LogP contribution in [0.2, 0.25) is 10.0 Å². The molecule has 1 aromatic carbocycles. The second kappa shape index (κ2) is 6.37. The Kier molecular flexibility index (Phi) is 4.80. The van der Waals surface area contributed by atoms with Crippen molar-refractivity contribution in [2.24, 2.45) is 0 Å². The monoisotopic (exact) mass is 298 g/mol. The van der Waals surface area contributed by atoms with Crippen molar-refractivity contribution in [2.75, 3.05) is 0 Å². The normalized spacial score (nSPS) is 12.6. The fourth-order valence-electron chi connectivity index (χ4n) is 1.88. The highest BCUT2D eigenvalue weighted by Crippen LogP contribution is 2.26. The molecule has 1 aromatic heterocycles. The van der Waals surface area contributed by atoms with Crippen molar-refractivity contribution in [3.05, 3.63) is 46.0 Å². The molecule has 2 rings (SSSR count). The van der Waals surface area contributed by atoms with Gasteiger partial charge in [-0.05, 0) is 37.6 Å². The van der Waals surface area contributed by atoms with E-state index >= 15 is 0 Å². The van der Waals surface area contributed by atoms with Gasteiger partial charge >= 0.3 is 0 Å². The number of benzene rings is 1. The number of hydrogen-bond acceptors (Lipinski definition) is 3. The molecule has 0 aliphatic heterocycles. The first-order valence-corrected chi connectivity index (χ1v) is 6.92. The summed E-state index contributed by atoms with van der Waals surface area (Å²) < 4.78 is 2.00. The molecule has 0 bridgehead atoms. The summed E-state index contributed by atoms with van der Waals surface area (Å²) in [5, 5.41) is 12.8. The molecule has 1 atom stereocenters. The Morgan fingerprint density at radius 3 is 2.89 bits per heavy atom. The van der Waals surface area contributed by atoms with Crippen LogP contribution >= 0.6 is 23.2 Å². The maximum Gasteiger partial charge on any atom is 0.146 e. The first kappa shape index (κ1) is 14.3. The van der Waals surface area contributed by atoms with E-state index in [9.17, 15) is 0 Å². The highest BCUT2D eigenvalue weighted by Gasteiger charge is 2.11. The fraction of sp³-hybridized carbons (Fsp3) is 0.385. The molecule has 2 aromatic rings. The number of aromatic nitrogens is 3. The predicted molar refractivity (Wildman–Crippen MR) is 77.4 cm³/mol. The molecule has 1 N–H and O–H groups in total. The van der Waals surface area contributed by atoms with Crippen LogP contribution in [0.25, 0.3) is 0 Å². The molecule has 0 saturated carbocycles. The van der Waals surface area contributed by atoms with Crippen molar-refractivity contribution in [1.29, 1.82) is 0 Å². The zero-order valence-corrected chi connectivity index (χ0v) is 12.4. The van der Waals surface area contributed by atoms with E-state index in [1.54, 1.807) is 12.4 Å². The van der Waals surface area contributed by atoms with E-state index in [1.165, 1.54) is 0 Å². The van der Waals surface area contributed by atoms with E-state index in [0.717, 1.165) is 17.9 Å². The molecule has 6 heteroatoms. The Hall–Kier alpha value is -1.10. The number of aryl methyl sites for hydroxylation is 1. The molecule has 102 valence electrons. The Labute approximate surface area is 122 Å². The van der Waals surface area contributed by atoms with Crippen LogP contribution in [-0.4, -0.2) is 14.8 Å². The molecule has 4 nitrogen and oxygen atoms in total. The van der Waals surface area contributed by atoms with Crippen molar-refractivity contribution in [3.63, 3.8) is 0 Å². The van der Waals surface area contributed by atoms with Gasteiger partial charge in [-0.15, -0.1) is 10.2 Å². The summed E-state index contributed by atoms with van der Waals surface area (Å²) in [6, 6.07) is 5.57. The lowest BCUT2D eigenvalue weighted by Gasteiger charge is -2.16. The van der Waals surface area contributed by atoms with Crippen molar-refractivity contribution in [2.45, 2.75) is 33.0 Å². The quantitative estimate of drug-likeness (QED) is 0.919. The molecule has 19 heavy (non-hydrogen) atoms. The van der Waals surface area contributed by atoms with Gasteiger partial charge in [-0.25, -0.2) is 0 Å². The van der Waals surface area contributed by atoms with E-state index in [0.29, 0.717) is 16.6 Å². The second-order valence-electron chi connectivity index (χ2n) is 4.30. The van der Waals surface area contributed by atoms with Gasteiger partial charge in [0.05, 0.1) is 6.54 Å². The SMILES string of the molecule is CCn1cnnc1CNC(C)c1cc(Cl)ccc1Cl. The molecule has 0 radical (unpaired) electrons. The standard InChI is InChI=1S/C13H16Cl2N4/c1-3-19-8-17-18-13(19)7-16-9(2)11-6-10(14)4-5-12(11)15/h4-6,8-9,16H,3,7H2,1-2H3. The lowest BCUT2D eigenvalue weighted by atomic mass is 10.1. The van der Waals surface area contributed by atoms with Gasteiger partial charge < -0.3 is 9.88 Å². The van der Waals surface area contributed by atoms with Crippen LogP contribution in [0.1, 0.15) is 31.3 Å². The van der Waals surface area contributed by atoms with Crippen LogP contribution in [0, 0.1) is 0 Å². The van der Waals surface area contributed by atoms with Crippen LogP contribution < -0.4 is 5.32 Å². The molecule has 0 spiro atoms. The smallest absolute Gasteiger partial charge is 0.146 e. The van der Waals surface area contributed by atoms with Crippen LogP contribution in [0.3, 0.4) is 0 Å². The van der Waals surface area contributed by atoms with Gasteiger partial charge in [0.15, 0.2) is 0 Å². The summed E-state index contributed by atoms with van der Waals surface area (Å²) in [6.45, 7) is 5.60. The summed E-state index contributed by atoms with van der Waals surface area (Å²) in [5.74, 6) is 0.910. The Morgan fingerprint density at radius 2 is 2.16 bits per heavy atom. The van der Waals surface area contributed by atoms with Crippen LogP contribution in [0.15, 0.2) is 24.5 Å². The Balaban J connectivity index is 2.05. The van der Waals surface area contributed by atoms with Gasteiger partial charge in [0, 0.05) is 22.6 Å². The topological polar surface area (TPSA) is 42.7 Å². The molecular formula is C13H16Cl2N4. The number of hydrogen-bond donors (Lipinski definition) is 1. The lowest BCUT2D eigenvalue weighted by Crippen LogP contribution is -2.21. The zero-order valence-electron chi connectivity index (χ0n) is 10.9. The maximum absolute atomic E-state index is 6.18. The number of nitrogens with one attached hydrogen (secondary N) is 1. The summed E-state index contributed by atoms with van der Waals surface area (Å²) >= 11 is 12.2. The van der Waals surface area contributed by atoms with Crippen molar-refractivity contribution in [1.82, 2.24) is 20.1 Å². The van der Waals surface area contributed by atoms with Crippen molar-refractivity contribution >= 4 is 23.2 Å². The second-order valence-corrected chi connectivity index (χ2v) is 5.15. The number of rotatable bonds is 5. The van der Waals surface area contributed by atoms with Crippen LogP contribution in [0.4, 0.5) is 0 Å². The van der Waals surface area contributed by atoms with Crippen LogP contribution in [0.5, 0.6) is 0 Å². The van der Waals surface area contributed by atoms with E-state index < -0.39 is 0 Å². The minimum atomic E-state index is 0.0909. The third-order valence-corrected chi connectivity index (χ3v) is 3.61. The highest BCUT2D eigenvalue weighted by atomic mass is 35.5. The molecule has 1 heterocycles. The molecule has 0 aliphatic carbocycles. The average Bonchev–Trinajstić information content (AvgIpc) is 2.86. The van der Waals surface area contributed by atoms with Crippen molar-refractivity contribution in [3.8, 4) is 0 Å². The van der Waals surface area contributed by atoms with Crippen LogP contribution in [-0.2, 0) is 13.1 Å². The van der Waals surface area contributed by atoms with E-state index in [1.807, 2.05) is 23.6 Å². The van der Waals surface area contributed by atoms with E-state index in [4.69, 9.17) is 23.2 Å². The largest absolute Gasteiger partial charge is 0.317 e. The molecule has 0 saturated heterocycles. The first-order chi connectivity index (χ1) is 9.11. The number of nitrogens with zero attached hydrogens (tertiary/aromatic N) is 3. The zero-order chi connectivity index (χ0) is 13.8. The molecule has 0 amide bonds. The predicted octanol–water partition coefficient (Wildman–Crippen LogP) is 3.46. The van der Waals surface area contributed by atoms with Crippen molar-refractivity contribution < 1.29 is 0 Å². The van der Waals surface area contributed by atoms with E-state index in [-0.39, 0.29) is 6.04 Å². The molecule has 0 fully saturated rings. The van der Waals surface area contributed by atoms with Gasteiger partial charge in [-0.2, -0.15) is 0 Å². The fourth-order valence-corrected chi connectivity index (χ4v) is 2.34. The van der Waals surface area contributed by atoms with Gasteiger partial charge in [0.1, 0.15) is 12.2 Å². The van der Waals surface area contributed by atoms with E-state index in [2.05, 4.69) is 22.4 Å². The van der Waals surface area contributed by atoms with Gasteiger partial charge in [-0.3, -0.25) is 0 Å². The third-order valence-electron chi connectivity index (χ3n) is 3.03. The van der Waals surface area contributed by atoms with Gasteiger partial charge in [0.25, 0.3) is 0 Å². The molecule has 0 aliphatic rings. The maximum atomic E-state index is 6.18. The van der Waals surface area contributed by atoms with Gasteiger partial charge in [-0.1, -0.05) is 23.2 Å². The summed E-state index contributed by atoms with van der Waals surface area (Å²) in [4.78, 5) is 0. The summed E-state index contributed by atoms with van der Waals surface area (Å²) in [7, 11) is 0. The highest BCUT2D eigenvalue weighted by molar-refractivity contribution is 6.33. The average molecular weight is 299 g/mol.